The SMILES string of the molecule is [Cl][Pd][Cl].c1ccc([PH2+]c2ccccc2)cc1.c1ccc([PH2+]c2ccccc2)cc1. The zero-order chi connectivity index (χ0) is 20.6. The van der Waals surface area contributed by atoms with Crippen molar-refractivity contribution in [3.05, 3.63) is 121 Å². The summed E-state index contributed by atoms with van der Waals surface area (Å²) >= 11 is -0.106. The van der Waals surface area contributed by atoms with Gasteiger partial charge in [0.05, 0.1) is 38.4 Å². The number of rotatable bonds is 4. The maximum absolute atomic E-state index is 4.81. The molecule has 29 heavy (non-hydrogen) atoms. The van der Waals surface area contributed by atoms with Gasteiger partial charge in [-0.1, -0.05) is 72.8 Å². The molecule has 0 saturated carbocycles. The summed E-state index contributed by atoms with van der Waals surface area (Å²) in [6, 6.07) is 42.6. The van der Waals surface area contributed by atoms with Crippen LogP contribution in [0.25, 0.3) is 0 Å². The molecule has 0 spiro atoms. The van der Waals surface area contributed by atoms with Crippen molar-refractivity contribution in [2.24, 2.45) is 0 Å². The average Bonchev–Trinajstić information content (AvgIpc) is 2.78. The number of benzene rings is 4. The summed E-state index contributed by atoms with van der Waals surface area (Å²) in [6.07, 6.45) is 0. The van der Waals surface area contributed by atoms with Crippen LogP contribution in [0.3, 0.4) is 0 Å². The van der Waals surface area contributed by atoms with E-state index in [1.54, 1.807) is 0 Å². The van der Waals surface area contributed by atoms with E-state index in [9.17, 15) is 0 Å². The predicted octanol–water partition coefficient (Wildman–Crippen LogP) is 5.47. The Morgan fingerprint density at radius 3 is 0.724 bits per heavy atom. The second-order valence-corrected chi connectivity index (χ2v) is 11.6. The van der Waals surface area contributed by atoms with Crippen LogP contribution in [0.2, 0.25) is 0 Å². The van der Waals surface area contributed by atoms with E-state index < -0.39 is 0 Å². The van der Waals surface area contributed by atoms with Crippen LogP contribution in [-0.4, -0.2) is 0 Å². The van der Waals surface area contributed by atoms with Crippen LogP contribution in [0, 0.1) is 0 Å². The van der Waals surface area contributed by atoms with Gasteiger partial charge in [-0.2, -0.15) is 0 Å². The van der Waals surface area contributed by atoms with Crippen LogP contribution in [0.5, 0.6) is 0 Å². The van der Waals surface area contributed by atoms with Gasteiger partial charge in [-0.05, 0) is 48.5 Å². The third-order valence-electron chi connectivity index (χ3n) is 3.86. The van der Waals surface area contributed by atoms with Gasteiger partial charge in [0.1, 0.15) is 0 Å². The fraction of sp³-hybridized carbons (Fsp3) is 0. The van der Waals surface area contributed by atoms with Gasteiger partial charge < -0.3 is 0 Å². The van der Waals surface area contributed by atoms with E-state index in [4.69, 9.17) is 19.1 Å². The van der Waals surface area contributed by atoms with Crippen LogP contribution in [0.1, 0.15) is 0 Å². The van der Waals surface area contributed by atoms with Gasteiger partial charge in [-0.25, -0.2) is 0 Å². The zero-order valence-corrected chi connectivity index (χ0v) is 21.1. The number of hydrogen-bond donors (Lipinski definition) is 0. The van der Waals surface area contributed by atoms with E-state index in [0.717, 1.165) is 0 Å². The molecule has 0 aliphatic carbocycles. The predicted molar refractivity (Wildman–Crippen MR) is 135 cm³/mol. The van der Waals surface area contributed by atoms with E-state index in [1.807, 2.05) is 0 Å². The van der Waals surface area contributed by atoms with Gasteiger partial charge in [-0.15, -0.1) is 0 Å². The van der Waals surface area contributed by atoms with Crippen molar-refractivity contribution in [3.8, 4) is 0 Å². The molecule has 152 valence electrons. The molecule has 4 aromatic carbocycles. The second-order valence-electron chi connectivity index (χ2n) is 5.98. The smallest absolute Gasteiger partial charge is 0.0620 e. The minimum atomic E-state index is -0.106. The molecule has 0 aromatic heterocycles. The van der Waals surface area contributed by atoms with Crippen molar-refractivity contribution < 1.29 is 15.9 Å². The maximum atomic E-state index is 4.81. The van der Waals surface area contributed by atoms with Gasteiger partial charge >= 0.3 is 35.0 Å². The Bertz CT molecular complexity index is 741. The standard InChI is InChI=1S/2C12H11P.2ClH.Pd/c2*1-3-7-11(8-4-1)13-12-9-5-2-6-10-12;;;/h2*1-10,13H;2*1H;/q;;;;+2. The third-order valence-corrected chi connectivity index (χ3v) is 6.74. The van der Waals surface area contributed by atoms with Crippen molar-refractivity contribution in [1.82, 2.24) is 0 Å². The topological polar surface area (TPSA) is 0 Å². The van der Waals surface area contributed by atoms with Crippen molar-refractivity contribution >= 4 is 57.4 Å². The normalized spacial score (nSPS) is 9.59. The molecule has 0 N–H and O–H groups in total. The first-order valence-electron chi connectivity index (χ1n) is 9.04. The van der Waals surface area contributed by atoms with Crippen LogP contribution >= 0.6 is 36.2 Å². The van der Waals surface area contributed by atoms with Crippen LogP contribution in [-0.2, 0) is 15.9 Å². The molecule has 4 rings (SSSR count). The monoisotopic (exact) mass is 550 g/mol. The molecule has 0 unspecified atom stereocenters. The molecule has 5 heteroatoms. The largest absolute Gasteiger partial charge is 0.0942 e. The Morgan fingerprint density at radius 2 is 0.552 bits per heavy atom. The van der Waals surface area contributed by atoms with E-state index in [1.165, 1.54) is 21.2 Å². The Hall–Kier alpha value is -1.02. The summed E-state index contributed by atoms with van der Waals surface area (Å²) < 4.78 is 0. The molecule has 0 bridgehead atoms. The summed E-state index contributed by atoms with van der Waals surface area (Å²) in [4.78, 5) is 0. The Labute approximate surface area is 193 Å². The molecule has 0 radical (unpaired) electrons. The molecule has 4 aromatic rings. The first-order valence-corrected chi connectivity index (χ1v) is 15.3. The van der Waals surface area contributed by atoms with Gasteiger partial charge in [0, 0.05) is 0 Å². The summed E-state index contributed by atoms with van der Waals surface area (Å²) in [5.74, 6) is 0. The summed E-state index contributed by atoms with van der Waals surface area (Å²) in [6.45, 7) is 0. The van der Waals surface area contributed by atoms with Crippen LogP contribution in [0.15, 0.2) is 121 Å². The molecule has 0 fully saturated rings. The van der Waals surface area contributed by atoms with Crippen molar-refractivity contribution in [3.63, 3.8) is 0 Å². The van der Waals surface area contributed by atoms with Gasteiger partial charge in [0.2, 0.25) is 0 Å². The molecule has 0 saturated heterocycles. The first kappa shape index (κ1) is 24.3. The quantitative estimate of drug-likeness (QED) is 0.233. The molecule has 0 aliphatic rings. The number of hydrogen-bond acceptors (Lipinski definition) is 0. The third kappa shape index (κ3) is 11.1. The summed E-state index contributed by atoms with van der Waals surface area (Å²) in [7, 11) is 10.2. The van der Waals surface area contributed by atoms with Gasteiger partial charge in [0.15, 0.2) is 0 Å². The summed E-state index contributed by atoms with van der Waals surface area (Å²) in [5, 5.41) is 5.81. The Morgan fingerprint density at radius 1 is 0.379 bits per heavy atom. The van der Waals surface area contributed by atoms with E-state index in [-0.39, 0.29) is 33.1 Å². The van der Waals surface area contributed by atoms with Gasteiger partial charge in [0.25, 0.3) is 0 Å². The number of halogens is 2. The van der Waals surface area contributed by atoms with E-state index in [2.05, 4.69) is 121 Å². The molecular formula is C24H24Cl2P2Pd+2. The van der Waals surface area contributed by atoms with Crippen LogP contribution in [0.4, 0.5) is 0 Å². The Balaban J connectivity index is 0.000000183. The molecule has 0 aliphatic heterocycles. The average molecular weight is 552 g/mol. The molecular weight excluding hydrogens is 528 g/mol. The zero-order valence-electron chi connectivity index (χ0n) is 15.8. The fourth-order valence-corrected chi connectivity index (χ4v) is 5.01. The van der Waals surface area contributed by atoms with Gasteiger partial charge in [-0.3, -0.25) is 0 Å². The van der Waals surface area contributed by atoms with E-state index >= 15 is 0 Å². The molecule has 0 atom stereocenters. The minimum absolute atomic E-state index is 0.106. The van der Waals surface area contributed by atoms with Crippen molar-refractivity contribution in [1.29, 1.82) is 0 Å². The minimum Gasteiger partial charge on any atom is -0.0620 e. The molecule has 0 nitrogen and oxygen atoms in total. The van der Waals surface area contributed by atoms with Crippen molar-refractivity contribution in [2.75, 3.05) is 0 Å². The molecule has 0 heterocycles. The fourth-order valence-electron chi connectivity index (χ4n) is 2.58. The molecule has 0 amide bonds. The second kappa shape index (κ2) is 15.8. The van der Waals surface area contributed by atoms with Crippen molar-refractivity contribution in [2.45, 2.75) is 0 Å². The van der Waals surface area contributed by atoms with E-state index in [0.29, 0.717) is 0 Å². The summed E-state index contributed by atoms with van der Waals surface area (Å²) in [5.41, 5.74) is 0. The Kier molecular flexibility index (Phi) is 13.2. The maximum Gasteiger partial charge on any atom is 0.0942 e. The van der Waals surface area contributed by atoms with Crippen LogP contribution < -0.4 is 21.2 Å². The first-order chi connectivity index (χ1) is 14.3.